The lowest BCUT2D eigenvalue weighted by atomic mass is 10.1. The van der Waals surface area contributed by atoms with Crippen LogP contribution >= 0.6 is 0 Å². The summed E-state index contributed by atoms with van der Waals surface area (Å²) >= 11 is 0. The maximum atomic E-state index is 11.1. The largest absolute Gasteiger partial charge is 0.508 e. The molecule has 0 aliphatic carbocycles. The molecule has 94 valence electrons. The Balaban J connectivity index is 2.61. The quantitative estimate of drug-likeness (QED) is 0.564. The second-order valence-electron chi connectivity index (χ2n) is 3.46. The topological polar surface area (TPSA) is 44.8 Å². The molecule has 1 aromatic carbocycles. The van der Waals surface area contributed by atoms with Crippen molar-refractivity contribution in [1.82, 2.24) is 0 Å². The summed E-state index contributed by atoms with van der Waals surface area (Å²) in [6.07, 6.45) is -0.377. The highest BCUT2D eigenvalue weighted by Gasteiger charge is 2.16. The van der Waals surface area contributed by atoms with Crippen molar-refractivity contribution < 1.29 is 19.0 Å². The maximum Gasteiger partial charge on any atom is 0.508 e. The van der Waals surface area contributed by atoms with Gasteiger partial charge < -0.3 is 14.2 Å². The monoisotopic (exact) mass is 238 g/mol. The summed E-state index contributed by atoms with van der Waals surface area (Å²) in [7, 11) is 1.30. The van der Waals surface area contributed by atoms with Crippen LogP contribution < -0.4 is 0 Å². The minimum absolute atomic E-state index is 0.324. The molecular formula is C13H18O4. The van der Waals surface area contributed by atoms with Crippen molar-refractivity contribution in [2.45, 2.75) is 19.4 Å². The van der Waals surface area contributed by atoms with Gasteiger partial charge >= 0.3 is 6.16 Å². The van der Waals surface area contributed by atoms with Crippen molar-refractivity contribution in [1.29, 1.82) is 0 Å². The van der Waals surface area contributed by atoms with E-state index in [-0.39, 0.29) is 6.10 Å². The average Bonchev–Trinajstić information content (AvgIpc) is 2.38. The highest BCUT2D eigenvalue weighted by molar-refractivity contribution is 5.60. The Morgan fingerprint density at radius 3 is 2.59 bits per heavy atom. The molecule has 0 aromatic heterocycles. The lowest BCUT2D eigenvalue weighted by Gasteiger charge is -2.17. The molecule has 4 nitrogen and oxygen atoms in total. The van der Waals surface area contributed by atoms with Gasteiger partial charge in [0.25, 0.3) is 0 Å². The number of ether oxygens (including phenoxy) is 3. The molecule has 0 bridgehead atoms. The number of rotatable bonds is 6. The zero-order valence-electron chi connectivity index (χ0n) is 10.2. The van der Waals surface area contributed by atoms with E-state index < -0.39 is 6.16 Å². The van der Waals surface area contributed by atoms with Crippen molar-refractivity contribution in [2.24, 2.45) is 0 Å². The molecule has 0 spiro atoms. The van der Waals surface area contributed by atoms with Gasteiger partial charge in [-0.25, -0.2) is 4.79 Å². The standard InChI is InChI=1S/C13H18O4/c1-3-16-10-9-12(17-13(14)15-2)11-7-5-4-6-8-11/h4-8,12H,3,9-10H2,1-2H3. The van der Waals surface area contributed by atoms with Crippen LogP contribution in [0.15, 0.2) is 30.3 Å². The predicted molar refractivity (Wildman–Crippen MR) is 63.8 cm³/mol. The van der Waals surface area contributed by atoms with Crippen LogP contribution in [0.5, 0.6) is 0 Å². The molecule has 0 fully saturated rings. The third-order valence-electron chi connectivity index (χ3n) is 2.31. The van der Waals surface area contributed by atoms with Crippen LogP contribution in [0.3, 0.4) is 0 Å². The van der Waals surface area contributed by atoms with E-state index in [2.05, 4.69) is 4.74 Å². The second-order valence-corrected chi connectivity index (χ2v) is 3.46. The van der Waals surface area contributed by atoms with Crippen LogP contribution in [0.4, 0.5) is 4.79 Å². The van der Waals surface area contributed by atoms with Gasteiger partial charge in [0.1, 0.15) is 6.10 Å². The van der Waals surface area contributed by atoms with Crippen LogP contribution in [-0.2, 0) is 14.2 Å². The lowest BCUT2D eigenvalue weighted by molar-refractivity contribution is 0.0194. The number of methoxy groups -OCH3 is 1. The van der Waals surface area contributed by atoms with Crippen LogP contribution in [0, 0.1) is 0 Å². The normalized spacial score (nSPS) is 11.9. The summed E-state index contributed by atoms with van der Waals surface area (Å²) < 4.78 is 15.0. The number of hydrogen-bond donors (Lipinski definition) is 0. The zero-order valence-corrected chi connectivity index (χ0v) is 10.2. The van der Waals surface area contributed by atoms with Crippen molar-refractivity contribution in [2.75, 3.05) is 20.3 Å². The predicted octanol–water partition coefficient (Wildman–Crippen LogP) is 2.94. The molecule has 0 aliphatic heterocycles. The van der Waals surface area contributed by atoms with E-state index in [0.29, 0.717) is 19.6 Å². The van der Waals surface area contributed by atoms with Gasteiger partial charge in [-0.2, -0.15) is 0 Å². The summed E-state index contributed by atoms with van der Waals surface area (Å²) in [6.45, 7) is 3.13. The molecule has 1 aromatic rings. The summed E-state index contributed by atoms with van der Waals surface area (Å²) in [5.41, 5.74) is 0.942. The van der Waals surface area contributed by atoms with Gasteiger partial charge in [0.2, 0.25) is 0 Å². The van der Waals surface area contributed by atoms with Crippen LogP contribution in [0.2, 0.25) is 0 Å². The molecule has 0 saturated heterocycles. The molecule has 1 rings (SSSR count). The Kier molecular flexibility index (Phi) is 6.10. The van der Waals surface area contributed by atoms with Gasteiger partial charge in [-0.1, -0.05) is 30.3 Å². The first-order chi connectivity index (χ1) is 8.27. The molecule has 4 heteroatoms. The SMILES string of the molecule is CCOCCC(OC(=O)OC)c1ccccc1. The molecule has 1 unspecified atom stereocenters. The Bertz CT molecular complexity index is 323. The highest BCUT2D eigenvalue weighted by Crippen LogP contribution is 2.21. The van der Waals surface area contributed by atoms with Crippen molar-refractivity contribution in [3.05, 3.63) is 35.9 Å². The van der Waals surface area contributed by atoms with Gasteiger partial charge in [0, 0.05) is 13.0 Å². The summed E-state index contributed by atoms with van der Waals surface area (Å²) in [6, 6.07) is 9.56. The van der Waals surface area contributed by atoms with E-state index in [1.165, 1.54) is 7.11 Å². The highest BCUT2D eigenvalue weighted by atomic mass is 16.7. The third-order valence-corrected chi connectivity index (χ3v) is 2.31. The summed E-state index contributed by atoms with van der Waals surface area (Å²) in [5.74, 6) is 0. The third kappa shape index (κ3) is 4.87. The molecule has 0 saturated carbocycles. The van der Waals surface area contributed by atoms with E-state index in [4.69, 9.17) is 9.47 Å². The first kappa shape index (κ1) is 13.5. The first-order valence-electron chi connectivity index (χ1n) is 5.65. The van der Waals surface area contributed by atoms with Crippen molar-refractivity contribution in [3.8, 4) is 0 Å². The second kappa shape index (κ2) is 7.68. The Hall–Kier alpha value is -1.55. The van der Waals surface area contributed by atoms with Crippen LogP contribution in [0.1, 0.15) is 25.0 Å². The van der Waals surface area contributed by atoms with Gasteiger partial charge in [-0.15, -0.1) is 0 Å². The van der Waals surface area contributed by atoms with Gasteiger partial charge in [0.05, 0.1) is 13.7 Å². The fourth-order valence-corrected chi connectivity index (χ4v) is 1.46. The fourth-order valence-electron chi connectivity index (χ4n) is 1.46. The van der Waals surface area contributed by atoms with Crippen molar-refractivity contribution >= 4 is 6.16 Å². The lowest BCUT2D eigenvalue weighted by Crippen LogP contribution is -2.13. The maximum absolute atomic E-state index is 11.1. The van der Waals surface area contributed by atoms with Gasteiger partial charge in [-0.05, 0) is 12.5 Å². The summed E-state index contributed by atoms with van der Waals surface area (Å²) in [5, 5.41) is 0. The molecule has 0 aliphatic rings. The zero-order chi connectivity index (χ0) is 12.5. The summed E-state index contributed by atoms with van der Waals surface area (Å²) in [4.78, 5) is 11.1. The van der Waals surface area contributed by atoms with Crippen LogP contribution in [0.25, 0.3) is 0 Å². The molecule has 0 heterocycles. The van der Waals surface area contributed by atoms with Gasteiger partial charge in [-0.3, -0.25) is 0 Å². The average molecular weight is 238 g/mol. The Morgan fingerprint density at radius 2 is 2.00 bits per heavy atom. The Morgan fingerprint density at radius 1 is 1.29 bits per heavy atom. The first-order valence-corrected chi connectivity index (χ1v) is 5.65. The minimum atomic E-state index is -0.671. The van der Waals surface area contributed by atoms with E-state index in [0.717, 1.165) is 5.56 Å². The molecule has 1 atom stereocenters. The molecular weight excluding hydrogens is 220 g/mol. The molecule has 0 radical (unpaired) electrons. The van der Waals surface area contributed by atoms with Crippen LogP contribution in [-0.4, -0.2) is 26.5 Å². The molecule has 17 heavy (non-hydrogen) atoms. The van der Waals surface area contributed by atoms with E-state index >= 15 is 0 Å². The fraction of sp³-hybridized carbons (Fsp3) is 0.462. The molecule has 0 amide bonds. The number of hydrogen-bond acceptors (Lipinski definition) is 4. The minimum Gasteiger partial charge on any atom is -0.438 e. The van der Waals surface area contributed by atoms with E-state index in [1.54, 1.807) is 0 Å². The van der Waals surface area contributed by atoms with E-state index in [1.807, 2.05) is 37.3 Å². The van der Waals surface area contributed by atoms with Crippen molar-refractivity contribution in [3.63, 3.8) is 0 Å². The van der Waals surface area contributed by atoms with E-state index in [9.17, 15) is 4.79 Å². The number of carbonyl (C=O) groups is 1. The van der Waals surface area contributed by atoms with Gasteiger partial charge in [0.15, 0.2) is 0 Å². The number of benzene rings is 1. The molecule has 0 N–H and O–H groups in total. The Labute approximate surface area is 101 Å². The smallest absolute Gasteiger partial charge is 0.438 e. The number of carbonyl (C=O) groups excluding carboxylic acids is 1.